The fourth-order valence-electron chi connectivity index (χ4n) is 2.86. The van der Waals surface area contributed by atoms with E-state index in [-0.39, 0.29) is 0 Å². The molecule has 0 amide bonds. The van der Waals surface area contributed by atoms with E-state index in [4.69, 9.17) is 4.74 Å². The van der Waals surface area contributed by atoms with Crippen LogP contribution in [0.25, 0.3) is 0 Å². The molecule has 3 rings (SSSR count). The van der Waals surface area contributed by atoms with Crippen molar-refractivity contribution >= 4 is 5.95 Å². The van der Waals surface area contributed by atoms with Gasteiger partial charge in [0.05, 0.1) is 0 Å². The molecule has 0 radical (unpaired) electrons. The molecule has 1 aromatic heterocycles. The number of hydrogen-bond donors (Lipinski definition) is 1. The van der Waals surface area contributed by atoms with Gasteiger partial charge < -0.3 is 15.0 Å². The zero-order chi connectivity index (χ0) is 13.1. The largest absolute Gasteiger partial charge is 0.381 e. The summed E-state index contributed by atoms with van der Waals surface area (Å²) in [5.41, 5.74) is 1.26. The highest BCUT2D eigenvalue weighted by atomic mass is 16.5. The molecule has 19 heavy (non-hydrogen) atoms. The van der Waals surface area contributed by atoms with E-state index in [9.17, 15) is 0 Å². The molecule has 5 nitrogen and oxygen atoms in total. The third-order valence-corrected chi connectivity index (χ3v) is 4.11. The van der Waals surface area contributed by atoms with Crippen LogP contribution in [0.2, 0.25) is 0 Å². The van der Waals surface area contributed by atoms with Crippen molar-refractivity contribution in [2.45, 2.75) is 31.7 Å². The molecular weight excluding hydrogens is 240 g/mol. The summed E-state index contributed by atoms with van der Waals surface area (Å²) in [6.07, 6.45) is 6.19. The highest BCUT2D eigenvalue weighted by Crippen LogP contribution is 2.26. The van der Waals surface area contributed by atoms with Crippen LogP contribution >= 0.6 is 0 Å². The molecule has 2 aliphatic heterocycles. The van der Waals surface area contributed by atoms with E-state index in [1.165, 1.54) is 5.56 Å². The van der Waals surface area contributed by atoms with Gasteiger partial charge in [0.2, 0.25) is 5.95 Å². The third kappa shape index (κ3) is 2.87. The average Bonchev–Trinajstić information content (AvgIpc) is 2.49. The Morgan fingerprint density at radius 2 is 2.00 bits per heavy atom. The number of piperazine rings is 1. The molecule has 2 aliphatic rings. The maximum atomic E-state index is 5.40. The molecule has 0 spiro atoms. The summed E-state index contributed by atoms with van der Waals surface area (Å²) in [5.74, 6) is 1.44. The molecule has 0 aliphatic carbocycles. The highest BCUT2D eigenvalue weighted by molar-refractivity contribution is 5.33. The van der Waals surface area contributed by atoms with Gasteiger partial charge in [0.15, 0.2) is 0 Å². The molecule has 1 atom stereocenters. The van der Waals surface area contributed by atoms with Crippen molar-refractivity contribution < 1.29 is 4.74 Å². The first-order valence-corrected chi connectivity index (χ1v) is 7.21. The highest BCUT2D eigenvalue weighted by Gasteiger charge is 2.21. The lowest BCUT2D eigenvalue weighted by atomic mass is 9.94. The van der Waals surface area contributed by atoms with Crippen molar-refractivity contribution in [3.8, 4) is 0 Å². The summed E-state index contributed by atoms with van der Waals surface area (Å²) < 4.78 is 5.40. The zero-order valence-corrected chi connectivity index (χ0v) is 11.5. The molecule has 0 bridgehead atoms. The summed E-state index contributed by atoms with van der Waals surface area (Å²) in [7, 11) is 0. The van der Waals surface area contributed by atoms with Crippen LogP contribution in [-0.2, 0) is 4.74 Å². The Balaban J connectivity index is 1.70. The van der Waals surface area contributed by atoms with Crippen LogP contribution in [0.5, 0.6) is 0 Å². The summed E-state index contributed by atoms with van der Waals surface area (Å²) in [5, 5.41) is 3.39. The second kappa shape index (κ2) is 5.84. The smallest absolute Gasteiger partial charge is 0.225 e. The van der Waals surface area contributed by atoms with Crippen molar-refractivity contribution in [1.29, 1.82) is 0 Å². The lowest BCUT2D eigenvalue weighted by Gasteiger charge is -2.34. The van der Waals surface area contributed by atoms with Crippen molar-refractivity contribution in [2.75, 3.05) is 37.7 Å². The van der Waals surface area contributed by atoms with E-state index in [1.807, 2.05) is 12.4 Å². The molecule has 1 N–H and O–H groups in total. The molecule has 1 unspecified atom stereocenters. The molecule has 5 heteroatoms. The Kier molecular flexibility index (Phi) is 3.94. The van der Waals surface area contributed by atoms with E-state index in [2.05, 4.69) is 27.1 Å². The van der Waals surface area contributed by atoms with Gasteiger partial charge in [0, 0.05) is 51.3 Å². The summed E-state index contributed by atoms with van der Waals surface area (Å²) in [4.78, 5) is 11.4. The standard InChI is InChI=1S/C14H22N4O/c1-11-8-15-4-5-18(11)14-16-9-13(10-17-14)12-2-6-19-7-3-12/h9-12,15H,2-8H2,1H3. The Morgan fingerprint density at radius 3 is 2.68 bits per heavy atom. The minimum atomic E-state index is 0.461. The minimum absolute atomic E-state index is 0.461. The maximum absolute atomic E-state index is 5.40. The van der Waals surface area contributed by atoms with Gasteiger partial charge in [-0.2, -0.15) is 0 Å². The number of nitrogens with one attached hydrogen (secondary N) is 1. The van der Waals surface area contributed by atoms with Crippen LogP contribution in [0, 0.1) is 0 Å². The molecule has 0 saturated carbocycles. The van der Waals surface area contributed by atoms with Crippen molar-refractivity contribution in [1.82, 2.24) is 15.3 Å². The van der Waals surface area contributed by atoms with Crippen LogP contribution < -0.4 is 10.2 Å². The van der Waals surface area contributed by atoms with Crippen molar-refractivity contribution in [3.63, 3.8) is 0 Å². The number of ether oxygens (including phenoxy) is 1. The summed E-state index contributed by atoms with van der Waals surface area (Å²) in [6, 6.07) is 0.461. The number of rotatable bonds is 2. The van der Waals surface area contributed by atoms with E-state index >= 15 is 0 Å². The number of aromatic nitrogens is 2. The third-order valence-electron chi connectivity index (χ3n) is 4.11. The van der Waals surface area contributed by atoms with Gasteiger partial charge in [-0.3, -0.25) is 0 Å². The predicted octanol–water partition coefficient (Wildman–Crippen LogP) is 1.17. The topological polar surface area (TPSA) is 50.3 Å². The maximum Gasteiger partial charge on any atom is 0.225 e. The van der Waals surface area contributed by atoms with Crippen LogP contribution in [0.3, 0.4) is 0 Å². The molecule has 104 valence electrons. The van der Waals surface area contributed by atoms with E-state index in [1.54, 1.807) is 0 Å². The van der Waals surface area contributed by atoms with Gasteiger partial charge in [0.25, 0.3) is 0 Å². The molecular formula is C14H22N4O. The number of nitrogens with zero attached hydrogens (tertiary/aromatic N) is 3. The Labute approximate surface area is 114 Å². The lowest BCUT2D eigenvalue weighted by molar-refractivity contribution is 0.0852. The zero-order valence-electron chi connectivity index (χ0n) is 11.5. The molecule has 0 aromatic carbocycles. The van der Waals surface area contributed by atoms with Gasteiger partial charge in [0.1, 0.15) is 0 Å². The Hall–Kier alpha value is -1.20. The van der Waals surface area contributed by atoms with Gasteiger partial charge >= 0.3 is 0 Å². The van der Waals surface area contributed by atoms with Gasteiger partial charge in [-0.25, -0.2) is 9.97 Å². The van der Waals surface area contributed by atoms with Crippen LogP contribution in [0.4, 0.5) is 5.95 Å². The van der Waals surface area contributed by atoms with Crippen LogP contribution in [-0.4, -0.2) is 48.9 Å². The SMILES string of the molecule is CC1CNCCN1c1ncc(C2CCOCC2)cn1. The number of hydrogen-bond acceptors (Lipinski definition) is 5. The molecule has 3 heterocycles. The van der Waals surface area contributed by atoms with E-state index in [0.717, 1.165) is 51.6 Å². The van der Waals surface area contributed by atoms with Gasteiger partial charge in [-0.15, -0.1) is 0 Å². The van der Waals surface area contributed by atoms with E-state index < -0.39 is 0 Å². The van der Waals surface area contributed by atoms with E-state index in [0.29, 0.717) is 12.0 Å². The van der Waals surface area contributed by atoms with Crippen LogP contribution in [0.1, 0.15) is 31.2 Å². The molecule has 2 saturated heterocycles. The molecule has 1 aromatic rings. The van der Waals surface area contributed by atoms with Gasteiger partial charge in [-0.05, 0) is 31.2 Å². The Bertz CT molecular complexity index is 402. The second-order valence-electron chi connectivity index (χ2n) is 5.45. The first-order valence-electron chi connectivity index (χ1n) is 7.21. The van der Waals surface area contributed by atoms with Crippen LogP contribution in [0.15, 0.2) is 12.4 Å². The first-order chi connectivity index (χ1) is 9.34. The van der Waals surface area contributed by atoms with Crippen molar-refractivity contribution in [2.24, 2.45) is 0 Å². The monoisotopic (exact) mass is 262 g/mol. The van der Waals surface area contributed by atoms with Gasteiger partial charge in [-0.1, -0.05) is 0 Å². The fourth-order valence-corrected chi connectivity index (χ4v) is 2.86. The number of anilines is 1. The quantitative estimate of drug-likeness (QED) is 0.867. The first kappa shape index (κ1) is 12.8. The Morgan fingerprint density at radius 1 is 1.26 bits per heavy atom. The summed E-state index contributed by atoms with van der Waals surface area (Å²) >= 11 is 0. The predicted molar refractivity (Wildman–Crippen MR) is 74.5 cm³/mol. The molecule has 2 fully saturated rings. The second-order valence-corrected chi connectivity index (χ2v) is 5.45. The lowest BCUT2D eigenvalue weighted by Crippen LogP contribution is -2.50. The van der Waals surface area contributed by atoms with Crippen molar-refractivity contribution in [3.05, 3.63) is 18.0 Å². The fraction of sp³-hybridized carbons (Fsp3) is 0.714. The summed E-state index contributed by atoms with van der Waals surface area (Å²) in [6.45, 7) is 6.93. The normalized spacial score (nSPS) is 25.5. The minimum Gasteiger partial charge on any atom is -0.381 e. The average molecular weight is 262 g/mol.